The number of amides is 2. The van der Waals surface area contributed by atoms with Gasteiger partial charge in [0.1, 0.15) is 24.4 Å². The first-order valence-corrected chi connectivity index (χ1v) is 10.5. The zero-order valence-electron chi connectivity index (χ0n) is 18.6. The van der Waals surface area contributed by atoms with Crippen molar-refractivity contribution in [3.8, 4) is 0 Å². The zero-order chi connectivity index (χ0) is 22.6. The summed E-state index contributed by atoms with van der Waals surface area (Å²) in [5.74, 6) is -2.59. The van der Waals surface area contributed by atoms with Crippen molar-refractivity contribution < 1.29 is 33.3 Å². The van der Waals surface area contributed by atoms with Gasteiger partial charge in [-0.1, -0.05) is 12.1 Å². The Balaban J connectivity index is 1.45. The molecule has 0 radical (unpaired) electrons. The van der Waals surface area contributed by atoms with Gasteiger partial charge >= 0.3 is 0 Å². The van der Waals surface area contributed by atoms with Crippen LogP contribution in [0.1, 0.15) is 40.2 Å². The summed E-state index contributed by atoms with van der Waals surface area (Å²) in [6.45, 7) is 10.6. The van der Waals surface area contributed by atoms with Gasteiger partial charge < -0.3 is 34.3 Å². The lowest BCUT2D eigenvalue weighted by Gasteiger charge is -2.36. The molecule has 3 aliphatic heterocycles. The molecule has 6 atom stereocenters. The summed E-state index contributed by atoms with van der Waals surface area (Å²) in [4.78, 5) is 25.6. The van der Waals surface area contributed by atoms with Gasteiger partial charge in [-0.2, -0.15) is 0 Å². The van der Waals surface area contributed by atoms with Gasteiger partial charge in [0.05, 0.1) is 0 Å². The molecule has 170 valence electrons. The number of hydrogen-bond acceptors (Lipinski definition) is 7. The van der Waals surface area contributed by atoms with E-state index in [2.05, 4.69) is 10.6 Å². The highest BCUT2D eigenvalue weighted by molar-refractivity contribution is 5.97. The number of nitrogens with one attached hydrogen (secondary N) is 2. The van der Waals surface area contributed by atoms with E-state index >= 15 is 0 Å². The largest absolute Gasteiger partial charge is 0.342 e. The molecule has 0 saturated carbocycles. The van der Waals surface area contributed by atoms with E-state index in [-0.39, 0.29) is 5.91 Å². The molecular formula is C22H30N2O7. The van der Waals surface area contributed by atoms with E-state index in [0.717, 1.165) is 5.56 Å². The molecule has 2 N–H and O–H groups in total. The van der Waals surface area contributed by atoms with Crippen molar-refractivity contribution in [2.75, 3.05) is 5.32 Å². The van der Waals surface area contributed by atoms with E-state index < -0.39 is 54.2 Å². The number of benzene rings is 1. The third kappa shape index (κ3) is 4.61. The van der Waals surface area contributed by atoms with Crippen LogP contribution in [-0.2, 0) is 33.3 Å². The summed E-state index contributed by atoms with van der Waals surface area (Å²) >= 11 is 0. The maximum Gasteiger partial charge on any atom is 0.252 e. The molecule has 0 aromatic heterocycles. The lowest BCUT2D eigenvalue weighted by molar-refractivity contribution is -0.231. The minimum atomic E-state index is -1.01. The Bertz CT molecular complexity index is 871. The highest BCUT2D eigenvalue weighted by Crippen LogP contribution is 2.44. The second-order valence-electron chi connectivity index (χ2n) is 9.18. The van der Waals surface area contributed by atoms with Gasteiger partial charge in [-0.05, 0) is 59.2 Å². The Hall–Kier alpha value is -2.04. The van der Waals surface area contributed by atoms with Gasteiger partial charge in [0.15, 0.2) is 24.0 Å². The molecule has 1 aromatic carbocycles. The minimum absolute atomic E-state index is 0.338. The molecule has 2 amide bonds. The van der Waals surface area contributed by atoms with E-state index in [0.29, 0.717) is 5.69 Å². The highest BCUT2D eigenvalue weighted by atomic mass is 16.9. The predicted octanol–water partition coefficient (Wildman–Crippen LogP) is 1.83. The molecule has 3 heterocycles. The molecule has 6 unspecified atom stereocenters. The Labute approximate surface area is 181 Å². The van der Waals surface area contributed by atoms with Crippen molar-refractivity contribution in [2.24, 2.45) is 0 Å². The van der Waals surface area contributed by atoms with Gasteiger partial charge in [-0.25, -0.2) is 0 Å². The molecule has 3 aliphatic rings. The van der Waals surface area contributed by atoms with Crippen LogP contribution in [0, 0.1) is 6.92 Å². The quantitative estimate of drug-likeness (QED) is 0.745. The smallest absolute Gasteiger partial charge is 0.252 e. The van der Waals surface area contributed by atoms with Crippen LogP contribution < -0.4 is 10.6 Å². The molecule has 31 heavy (non-hydrogen) atoms. The molecule has 1 aromatic rings. The molecule has 4 rings (SSSR count). The van der Waals surface area contributed by atoms with E-state index in [1.54, 1.807) is 40.7 Å². The Kier molecular flexibility index (Phi) is 5.60. The molecule has 3 saturated heterocycles. The van der Waals surface area contributed by atoms with Crippen LogP contribution in [0.15, 0.2) is 24.3 Å². The van der Waals surface area contributed by atoms with Crippen LogP contribution in [0.2, 0.25) is 0 Å². The maximum absolute atomic E-state index is 13.1. The number of carbonyl (C=O) groups excluding carboxylic acids is 2. The van der Waals surface area contributed by atoms with Crippen molar-refractivity contribution >= 4 is 17.5 Å². The lowest BCUT2D eigenvalue weighted by Crippen LogP contribution is -2.60. The standard InChI is InChI=1S/C22H30N2O7/c1-11-8-7-9-13(10-11)24-18(25)12(2)23-19(26)16-14-15(29-21(3,4)28-14)17-20(27-16)31-22(5,6)30-17/h7-10,12,14-17,20H,1-6H3,(H,23,26)(H,24,25). The molecule has 9 nitrogen and oxygen atoms in total. The lowest BCUT2D eigenvalue weighted by atomic mass is 9.98. The third-order valence-electron chi connectivity index (χ3n) is 5.45. The number of anilines is 1. The second-order valence-corrected chi connectivity index (χ2v) is 9.18. The summed E-state index contributed by atoms with van der Waals surface area (Å²) in [5.41, 5.74) is 1.68. The number of fused-ring (bicyclic) bond motifs is 3. The summed E-state index contributed by atoms with van der Waals surface area (Å²) in [7, 11) is 0. The van der Waals surface area contributed by atoms with Crippen LogP contribution in [0.25, 0.3) is 0 Å². The van der Waals surface area contributed by atoms with Gasteiger partial charge in [0, 0.05) is 5.69 Å². The Morgan fingerprint density at radius 3 is 2.32 bits per heavy atom. The average molecular weight is 434 g/mol. The second kappa shape index (κ2) is 7.83. The van der Waals surface area contributed by atoms with Crippen LogP contribution in [0.4, 0.5) is 5.69 Å². The molecule has 3 fully saturated rings. The van der Waals surface area contributed by atoms with Crippen molar-refractivity contribution in [3.63, 3.8) is 0 Å². The normalized spacial score (nSPS) is 33.8. The molecule has 0 aliphatic carbocycles. The van der Waals surface area contributed by atoms with E-state index in [1.165, 1.54) is 0 Å². The van der Waals surface area contributed by atoms with Crippen LogP contribution in [0.5, 0.6) is 0 Å². The fraction of sp³-hybridized carbons (Fsp3) is 0.636. The Morgan fingerprint density at radius 2 is 1.61 bits per heavy atom. The van der Waals surface area contributed by atoms with E-state index in [4.69, 9.17) is 23.7 Å². The minimum Gasteiger partial charge on any atom is -0.342 e. The summed E-state index contributed by atoms with van der Waals surface area (Å²) < 4.78 is 29.7. The summed E-state index contributed by atoms with van der Waals surface area (Å²) in [6.07, 6.45) is -3.54. The number of hydrogen-bond donors (Lipinski definition) is 2. The van der Waals surface area contributed by atoms with E-state index in [9.17, 15) is 9.59 Å². The fourth-order valence-electron chi connectivity index (χ4n) is 4.16. The molecule has 0 bridgehead atoms. The van der Waals surface area contributed by atoms with Gasteiger partial charge in [-0.15, -0.1) is 0 Å². The molecule has 9 heteroatoms. The number of ether oxygens (including phenoxy) is 5. The summed E-state index contributed by atoms with van der Waals surface area (Å²) in [6, 6.07) is 6.64. The van der Waals surface area contributed by atoms with Gasteiger partial charge in [-0.3, -0.25) is 9.59 Å². The predicted molar refractivity (Wildman–Crippen MR) is 110 cm³/mol. The van der Waals surface area contributed by atoms with Crippen molar-refractivity contribution in [1.29, 1.82) is 0 Å². The summed E-state index contributed by atoms with van der Waals surface area (Å²) in [5, 5.41) is 5.52. The highest BCUT2D eigenvalue weighted by Gasteiger charge is 2.62. The number of carbonyl (C=O) groups is 2. The first-order valence-electron chi connectivity index (χ1n) is 10.5. The average Bonchev–Trinajstić information content (AvgIpc) is 3.14. The van der Waals surface area contributed by atoms with Gasteiger partial charge in [0.25, 0.3) is 5.91 Å². The SMILES string of the molecule is Cc1cccc(NC(=O)C(C)NC(=O)C2OC3OC(C)(C)OC3C3OC(C)(C)OC23)c1. The first kappa shape index (κ1) is 22.2. The monoisotopic (exact) mass is 434 g/mol. The number of aryl methyl sites for hydroxylation is 1. The van der Waals surface area contributed by atoms with Crippen LogP contribution in [-0.4, -0.2) is 60.1 Å². The zero-order valence-corrected chi connectivity index (χ0v) is 18.6. The van der Waals surface area contributed by atoms with E-state index in [1.807, 2.05) is 25.1 Å². The van der Waals surface area contributed by atoms with Crippen molar-refractivity contribution in [3.05, 3.63) is 29.8 Å². The fourth-order valence-corrected chi connectivity index (χ4v) is 4.16. The van der Waals surface area contributed by atoms with Crippen molar-refractivity contribution in [1.82, 2.24) is 5.32 Å². The molecular weight excluding hydrogens is 404 g/mol. The topological polar surface area (TPSA) is 104 Å². The maximum atomic E-state index is 13.1. The molecule has 0 spiro atoms. The number of rotatable bonds is 4. The van der Waals surface area contributed by atoms with Crippen LogP contribution in [0.3, 0.4) is 0 Å². The third-order valence-corrected chi connectivity index (χ3v) is 5.45. The van der Waals surface area contributed by atoms with Crippen molar-refractivity contribution in [2.45, 2.75) is 89.9 Å². The van der Waals surface area contributed by atoms with Crippen LogP contribution >= 0.6 is 0 Å². The first-order chi connectivity index (χ1) is 14.4. The Morgan fingerprint density at radius 1 is 0.968 bits per heavy atom. The van der Waals surface area contributed by atoms with Gasteiger partial charge in [0.2, 0.25) is 5.91 Å².